The van der Waals surface area contributed by atoms with Gasteiger partial charge in [0.25, 0.3) is 0 Å². The standard InChI is InChI=1S/C10H23N/c1-8(2)6-9(3)10(4)7-11-5/h8-11H,6-7H2,1-5H3. The van der Waals surface area contributed by atoms with E-state index in [2.05, 4.69) is 33.0 Å². The van der Waals surface area contributed by atoms with Crippen molar-refractivity contribution in [2.75, 3.05) is 13.6 Å². The summed E-state index contributed by atoms with van der Waals surface area (Å²) in [5, 5.41) is 3.22. The summed E-state index contributed by atoms with van der Waals surface area (Å²) in [7, 11) is 2.03. The molecule has 68 valence electrons. The zero-order valence-electron chi connectivity index (χ0n) is 8.65. The minimum absolute atomic E-state index is 0.808. The van der Waals surface area contributed by atoms with Crippen LogP contribution in [0.2, 0.25) is 0 Å². The third kappa shape index (κ3) is 5.25. The van der Waals surface area contributed by atoms with Gasteiger partial charge in [0.1, 0.15) is 0 Å². The number of hydrogen-bond donors (Lipinski definition) is 1. The molecule has 2 unspecified atom stereocenters. The van der Waals surface area contributed by atoms with Crippen LogP contribution in [-0.4, -0.2) is 13.6 Å². The minimum atomic E-state index is 0.808. The van der Waals surface area contributed by atoms with Gasteiger partial charge in [0.15, 0.2) is 0 Å². The van der Waals surface area contributed by atoms with E-state index < -0.39 is 0 Å². The van der Waals surface area contributed by atoms with Crippen molar-refractivity contribution in [3.05, 3.63) is 0 Å². The monoisotopic (exact) mass is 157 g/mol. The highest BCUT2D eigenvalue weighted by molar-refractivity contribution is 4.64. The Labute approximate surface area is 71.6 Å². The Bertz CT molecular complexity index is 88.9. The van der Waals surface area contributed by atoms with Gasteiger partial charge in [0, 0.05) is 0 Å². The molecule has 0 heterocycles. The van der Waals surface area contributed by atoms with Gasteiger partial charge in [-0.3, -0.25) is 0 Å². The average Bonchev–Trinajstić information content (AvgIpc) is 1.86. The maximum atomic E-state index is 3.22. The molecule has 0 aromatic carbocycles. The zero-order valence-corrected chi connectivity index (χ0v) is 8.65. The second kappa shape index (κ2) is 5.59. The molecule has 1 nitrogen and oxygen atoms in total. The highest BCUT2D eigenvalue weighted by atomic mass is 14.8. The van der Waals surface area contributed by atoms with Crippen molar-refractivity contribution >= 4 is 0 Å². The van der Waals surface area contributed by atoms with Crippen LogP contribution in [0.4, 0.5) is 0 Å². The Morgan fingerprint density at radius 1 is 1.00 bits per heavy atom. The highest BCUT2D eigenvalue weighted by Gasteiger charge is 2.12. The van der Waals surface area contributed by atoms with E-state index in [9.17, 15) is 0 Å². The molecule has 0 fully saturated rings. The minimum Gasteiger partial charge on any atom is -0.319 e. The molecule has 0 rings (SSSR count). The van der Waals surface area contributed by atoms with Crippen LogP contribution >= 0.6 is 0 Å². The van der Waals surface area contributed by atoms with Crippen molar-refractivity contribution in [3.63, 3.8) is 0 Å². The van der Waals surface area contributed by atoms with E-state index in [0.29, 0.717) is 0 Å². The van der Waals surface area contributed by atoms with Gasteiger partial charge in [0.05, 0.1) is 0 Å². The summed E-state index contributed by atoms with van der Waals surface area (Å²) in [6.45, 7) is 10.4. The Hall–Kier alpha value is -0.0400. The third-order valence-electron chi connectivity index (χ3n) is 2.34. The Kier molecular flexibility index (Phi) is 5.57. The first kappa shape index (κ1) is 11.0. The van der Waals surface area contributed by atoms with Crippen LogP contribution in [0.15, 0.2) is 0 Å². The predicted octanol–water partition coefficient (Wildman–Crippen LogP) is 2.52. The summed E-state index contributed by atoms with van der Waals surface area (Å²) in [5.41, 5.74) is 0. The van der Waals surface area contributed by atoms with Crippen molar-refractivity contribution in [2.24, 2.45) is 17.8 Å². The maximum Gasteiger partial charge on any atom is -0.00236 e. The van der Waals surface area contributed by atoms with Gasteiger partial charge >= 0.3 is 0 Å². The SMILES string of the molecule is CNCC(C)C(C)CC(C)C. The summed E-state index contributed by atoms with van der Waals surface area (Å²) < 4.78 is 0. The first-order valence-corrected chi connectivity index (χ1v) is 4.72. The van der Waals surface area contributed by atoms with Gasteiger partial charge in [-0.1, -0.05) is 27.7 Å². The van der Waals surface area contributed by atoms with Crippen LogP contribution in [0.5, 0.6) is 0 Å². The Balaban J connectivity index is 3.54. The fourth-order valence-electron chi connectivity index (χ4n) is 1.50. The molecule has 0 aromatic rings. The first-order chi connectivity index (χ1) is 5.07. The largest absolute Gasteiger partial charge is 0.319 e. The molecule has 0 radical (unpaired) electrons. The topological polar surface area (TPSA) is 12.0 Å². The van der Waals surface area contributed by atoms with E-state index in [0.717, 1.165) is 24.3 Å². The molecular formula is C10H23N. The molecule has 0 aliphatic heterocycles. The summed E-state index contributed by atoms with van der Waals surface area (Å²) in [6, 6.07) is 0. The van der Waals surface area contributed by atoms with Crippen molar-refractivity contribution in [3.8, 4) is 0 Å². The molecule has 0 bridgehead atoms. The predicted molar refractivity (Wildman–Crippen MR) is 51.7 cm³/mol. The van der Waals surface area contributed by atoms with Gasteiger partial charge in [-0.2, -0.15) is 0 Å². The van der Waals surface area contributed by atoms with Crippen LogP contribution in [0.3, 0.4) is 0 Å². The van der Waals surface area contributed by atoms with E-state index in [1.165, 1.54) is 6.42 Å². The smallest absolute Gasteiger partial charge is 0.00236 e. The molecule has 0 aliphatic carbocycles. The maximum absolute atomic E-state index is 3.22. The Morgan fingerprint density at radius 3 is 1.91 bits per heavy atom. The van der Waals surface area contributed by atoms with Gasteiger partial charge in [-0.25, -0.2) is 0 Å². The van der Waals surface area contributed by atoms with Gasteiger partial charge in [0.2, 0.25) is 0 Å². The quantitative estimate of drug-likeness (QED) is 0.646. The second-order valence-electron chi connectivity index (χ2n) is 4.14. The lowest BCUT2D eigenvalue weighted by atomic mass is 9.88. The molecule has 11 heavy (non-hydrogen) atoms. The fourth-order valence-corrected chi connectivity index (χ4v) is 1.50. The van der Waals surface area contributed by atoms with Crippen LogP contribution in [0.25, 0.3) is 0 Å². The van der Waals surface area contributed by atoms with E-state index in [1.807, 2.05) is 7.05 Å². The molecule has 2 atom stereocenters. The van der Waals surface area contributed by atoms with E-state index in [-0.39, 0.29) is 0 Å². The van der Waals surface area contributed by atoms with E-state index >= 15 is 0 Å². The highest BCUT2D eigenvalue weighted by Crippen LogP contribution is 2.18. The molecule has 0 saturated heterocycles. The van der Waals surface area contributed by atoms with E-state index in [1.54, 1.807) is 0 Å². The molecule has 0 aromatic heterocycles. The molecule has 0 amide bonds. The summed E-state index contributed by atoms with van der Waals surface area (Å²) in [5.74, 6) is 2.49. The number of rotatable bonds is 5. The first-order valence-electron chi connectivity index (χ1n) is 4.72. The lowest BCUT2D eigenvalue weighted by molar-refractivity contribution is 0.318. The molecule has 1 N–H and O–H groups in total. The third-order valence-corrected chi connectivity index (χ3v) is 2.34. The zero-order chi connectivity index (χ0) is 8.85. The second-order valence-corrected chi connectivity index (χ2v) is 4.14. The normalized spacial score (nSPS) is 16.9. The van der Waals surface area contributed by atoms with Gasteiger partial charge in [-0.15, -0.1) is 0 Å². The lowest BCUT2D eigenvalue weighted by Gasteiger charge is -2.21. The Morgan fingerprint density at radius 2 is 1.55 bits per heavy atom. The van der Waals surface area contributed by atoms with Crippen molar-refractivity contribution in [1.82, 2.24) is 5.32 Å². The summed E-state index contributed by atoms with van der Waals surface area (Å²) >= 11 is 0. The van der Waals surface area contributed by atoms with Crippen molar-refractivity contribution < 1.29 is 0 Å². The molecular weight excluding hydrogens is 134 g/mol. The molecule has 0 aliphatic rings. The number of nitrogens with one attached hydrogen (secondary N) is 1. The van der Waals surface area contributed by atoms with Gasteiger partial charge < -0.3 is 5.32 Å². The molecule has 0 spiro atoms. The van der Waals surface area contributed by atoms with Crippen LogP contribution in [-0.2, 0) is 0 Å². The summed E-state index contributed by atoms with van der Waals surface area (Å²) in [6.07, 6.45) is 1.35. The van der Waals surface area contributed by atoms with E-state index in [4.69, 9.17) is 0 Å². The summed E-state index contributed by atoms with van der Waals surface area (Å²) in [4.78, 5) is 0. The van der Waals surface area contributed by atoms with Crippen LogP contribution in [0.1, 0.15) is 34.1 Å². The molecule has 0 saturated carbocycles. The van der Waals surface area contributed by atoms with Gasteiger partial charge in [-0.05, 0) is 37.8 Å². The van der Waals surface area contributed by atoms with Crippen LogP contribution in [0, 0.1) is 17.8 Å². The fraction of sp³-hybridized carbons (Fsp3) is 1.00. The van der Waals surface area contributed by atoms with Crippen molar-refractivity contribution in [1.29, 1.82) is 0 Å². The van der Waals surface area contributed by atoms with Crippen LogP contribution < -0.4 is 5.32 Å². The van der Waals surface area contributed by atoms with Crippen molar-refractivity contribution in [2.45, 2.75) is 34.1 Å². The molecule has 1 heteroatoms. The lowest BCUT2D eigenvalue weighted by Crippen LogP contribution is -2.22. The average molecular weight is 157 g/mol. The number of hydrogen-bond acceptors (Lipinski definition) is 1.